The topological polar surface area (TPSA) is 81.3 Å². The number of H-pyrrole nitrogens is 1. The third kappa shape index (κ3) is 3.36. The summed E-state index contributed by atoms with van der Waals surface area (Å²) in [6, 6.07) is 9.79. The lowest BCUT2D eigenvalue weighted by molar-refractivity contribution is -0.286. The number of pyridine rings is 2. The number of carbonyl (C=O) groups is 1. The number of Topliss-reactive ketones (excluding diaryl/α,β-unsaturated/α-hetero) is 1. The number of aromatic nitrogens is 2. The van der Waals surface area contributed by atoms with Crippen molar-refractivity contribution < 1.29 is 23.0 Å². The van der Waals surface area contributed by atoms with Gasteiger partial charge in [0.1, 0.15) is 5.78 Å². The van der Waals surface area contributed by atoms with Gasteiger partial charge in [0.15, 0.2) is 11.5 Å². The summed E-state index contributed by atoms with van der Waals surface area (Å²) in [6.07, 6.45) is -0.824. The molecule has 0 atom stereocenters. The minimum atomic E-state index is -3.70. The number of alkyl halides is 2. The molecule has 2 aromatic heterocycles. The number of nitrogens with one attached hydrogen (secondary N) is 1. The van der Waals surface area contributed by atoms with Gasteiger partial charge in [0.05, 0.1) is 16.7 Å². The van der Waals surface area contributed by atoms with Gasteiger partial charge >= 0.3 is 6.29 Å². The van der Waals surface area contributed by atoms with Crippen molar-refractivity contribution in [3.8, 4) is 22.8 Å². The molecule has 3 aromatic rings. The van der Waals surface area contributed by atoms with Crippen LogP contribution in [0.1, 0.15) is 35.2 Å². The third-order valence-electron chi connectivity index (χ3n) is 6.24. The van der Waals surface area contributed by atoms with Crippen LogP contribution < -0.4 is 15.0 Å². The van der Waals surface area contributed by atoms with E-state index in [0.717, 1.165) is 11.1 Å². The quantitative estimate of drug-likeness (QED) is 0.645. The van der Waals surface area contributed by atoms with Crippen LogP contribution in [0.3, 0.4) is 0 Å². The van der Waals surface area contributed by atoms with Crippen molar-refractivity contribution in [3.05, 3.63) is 75.3 Å². The summed E-state index contributed by atoms with van der Waals surface area (Å²) < 4.78 is 35.7. The van der Waals surface area contributed by atoms with E-state index in [-0.39, 0.29) is 29.3 Å². The molecule has 164 valence electrons. The Labute approximate surface area is 182 Å². The minimum Gasteiger partial charge on any atom is -0.395 e. The highest BCUT2D eigenvalue weighted by molar-refractivity contribution is 5.94. The summed E-state index contributed by atoms with van der Waals surface area (Å²) in [4.78, 5) is 32.9. The Kier molecular flexibility index (Phi) is 4.44. The van der Waals surface area contributed by atoms with Crippen molar-refractivity contribution in [1.82, 2.24) is 9.97 Å². The number of nitrogens with zero attached hydrogens (tertiary/aromatic N) is 1. The summed E-state index contributed by atoms with van der Waals surface area (Å²) in [5.41, 5.74) is 2.99. The van der Waals surface area contributed by atoms with Crippen LogP contribution in [0.25, 0.3) is 11.3 Å². The number of carbonyl (C=O) groups excluding carboxylic acids is 1. The molecule has 1 aliphatic heterocycles. The van der Waals surface area contributed by atoms with Crippen LogP contribution >= 0.6 is 0 Å². The summed E-state index contributed by atoms with van der Waals surface area (Å²) >= 11 is 0. The predicted molar refractivity (Wildman–Crippen MR) is 112 cm³/mol. The Morgan fingerprint density at radius 2 is 1.88 bits per heavy atom. The fourth-order valence-electron chi connectivity index (χ4n) is 4.20. The molecule has 1 aromatic carbocycles. The second-order valence-corrected chi connectivity index (χ2v) is 8.33. The first-order valence-electron chi connectivity index (χ1n) is 10.3. The van der Waals surface area contributed by atoms with Gasteiger partial charge in [-0.25, -0.2) is 0 Å². The predicted octanol–water partition coefficient (Wildman–Crippen LogP) is 4.22. The number of halogens is 2. The van der Waals surface area contributed by atoms with Gasteiger partial charge in [0.2, 0.25) is 0 Å². The van der Waals surface area contributed by atoms with Crippen molar-refractivity contribution >= 4 is 5.78 Å². The fraction of sp³-hybridized carbons (Fsp3) is 0.292. The van der Waals surface area contributed by atoms with Crippen LogP contribution in [0.2, 0.25) is 0 Å². The van der Waals surface area contributed by atoms with Gasteiger partial charge in [-0.1, -0.05) is 6.07 Å². The molecule has 32 heavy (non-hydrogen) atoms. The van der Waals surface area contributed by atoms with Crippen LogP contribution in [0.15, 0.2) is 47.4 Å². The number of rotatable bonds is 5. The molecule has 1 saturated carbocycles. The Morgan fingerprint density at radius 1 is 1.12 bits per heavy atom. The van der Waals surface area contributed by atoms with Crippen LogP contribution in [-0.4, -0.2) is 22.0 Å². The molecule has 6 nitrogen and oxygen atoms in total. The van der Waals surface area contributed by atoms with Gasteiger partial charge in [-0.05, 0) is 73.7 Å². The molecule has 8 heteroatoms. The maximum atomic E-state index is 13.4. The summed E-state index contributed by atoms with van der Waals surface area (Å²) in [7, 11) is 0. The van der Waals surface area contributed by atoms with Crippen LogP contribution in [-0.2, 0) is 16.6 Å². The van der Waals surface area contributed by atoms with E-state index in [4.69, 9.17) is 0 Å². The standard InChI is InChI=1S/C24H20F2N2O4/c1-13-10-16(28-21(14(13)2)17-4-3-9-27-22(17)30)12-20(29)23(7-8-23)15-5-6-18-19(11-15)32-24(25,26)31-18/h3-6,9-11H,7-8,12H2,1-2H3,(H,27,30). The molecular weight excluding hydrogens is 418 g/mol. The zero-order valence-corrected chi connectivity index (χ0v) is 17.5. The highest BCUT2D eigenvalue weighted by atomic mass is 19.3. The van der Waals surface area contributed by atoms with Crippen LogP contribution in [0.5, 0.6) is 11.5 Å². The Morgan fingerprint density at radius 3 is 2.59 bits per heavy atom. The number of benzene rings is 1. The number of ether oxygens (including phenoxy) is 2. The molecule has 0 amide bonds. The number of aromatic amines is 1. The average molecular weight is 438 g/mol. The number of aryl methyl sites for hydroxylation is 1. The van der Waals surface area contributed by atoms with Crippen LogP contribution in [0, 0.1) is 13.8 Å². The Balaban J connectivity index is 1.45. The number of ketones is 1. The third-order valence-corrected chi connectivity index (χ3v) is 6.24. The van der Waals surface area contributed by atoms with Gasteiger partial charge < -0.3 is 14.5 Å². The molecule has 5 rings (SSSR count). The molecule has 1 fully saturated rings. The first-order valence-corrected chi connectivity index (χ1v) is 10.3. The Bertz CT molecular complexity index is 1310. The monoisotopic (exact) mass is 438 g/mol. The van der Waals surface area contributed by atoms with E-state index in [2.05, 4.69) is 19.4 Å². The minimum absolute atomic E-state index is 0.0458. The fourth-order valence-corrected chi connectivity index (χ4v) is 4.20. The summed E-state index contributed by atoms with van der Waals surface area (Å²) in [5.74, 6) is -0.163. The molecule has 2 aliphatic rings. The van der Waals surface area contributed by atoms with E-state index in [1.807, 2.05) is 19.9 Å². The largest absolute Gasteiger partial charge is 0.586 e. The molecule has 0 saturated heterocycles. The second kappa shape index (κ2) is 6.98. The maximum Gasteiger partial charge on any atom is 0.586 e. The first kappa shape index (κ1) is 20.4. The van der Waals surface area contributed by atoms with E-state index < -0.39 is 11.7 Å². The second-order valence-electron chi connectivity index (χ2n) is 8.33. The molecule has 3 heterocycles. The molecular formula is C24H20F2N2O4. The first-order chi connectivity index (χ1) is 15.2. The smallest absolute Gasteiger partial charge is 0.395 e. The molecule has 1 aliphatic carbocycles. The normalized spacial score (nSPS) is 17.2. The Hall–Kier alpha value is -3.55. The highest BCUT2D eigenvalue weighted by Crippen LogP contribution is 2.52. The summed E-state index contributed by atoms with van der Waals surface area (Å²) in [5, 5.41) is 0. The van der Waals surface area contributed by atoms with E-state index in [1.54, 1.807) is 24.4 Å². The van der Waals surface area contributed by atoms with Crippen LogP contribution in [0.4, 0.5) is 8.78 Å². The molecule has 0 radical (unpaired) electrons. The summed E-state index contributed by atoms with van der Waals surface area (Å²) in [6.45, 7) is 3.80. The van der Waals surface area contributed by atoms with Gasteiger partial charge in [0.25, 0.3) is 5.56 Å². The van der Waals surface area contributed by atoms with E-state index in [0.29, 0.717) is 35.4 Å². The van der Waals surface area contributed by atoms with Gasteiger partial charge in [0, 0.05) is 18.3 Å². The van der Waals surface area contributed by atoms with Crippen molar-refractivity contribution in [1.29, 1.82) is 0 Å². The van der Waals surface area contributed by atoms with E-state index in [1.165, 1.54) is 12.1 Å². The zero-order valence-electron chi connectivity index (χ0n) is 17.5. The molecule has 0 spiro atoms. The highest BCUT2D eigenvalue weighted by Gasteiger charge is 2.52. The number of fused-ring (bicyclic) bond motifs is 1. The van der Waals surface area contributed by atoms with Crippen molar-refractivity contribution in [2.75, 3.05) is 0 Å². The number of hydrogen-bond acceptors (Lipinski definition) is 5. The van der Waals surface area contributed by atoms with Gasteiger partial charge in [-0.3, -0.25) is 14.6 Å². The SMILES string of the molecule is Cc1cc(CC(=O)C2(c3ccc4c(c3)OC(F)(F)O4)CC2)nc(-c2ccc[nH]c2=O)c1C. The van der Waals surface area contributed by atoms with Crippen molar-refractivity contribution in [3.63, 3.8) is 0 Å². The van der Waals surface area contributed by atoms with Crippen molar-refractivity contribution in [2.24, 2.45) is 0 Å². The van der Waals surface area contributed by atoms with Gasteiger partial charge in [-0.15, -0.1) is 8.78 Å². The van der Waals surface area contributed by atoms with Crippen molar-refractivity contribution in [2.45, 2.75) is 44.8 Å². The van der Waals surface area contributed by atoms with E-state index >= 15 is 0 Å². The molecule has 0 unspecified atom stereocenters. The lowest BCUT2D eigenvalue weighted by Gasteiger charge is -2.16. The zero-order chi connectivity index (χ0) is 22.7. The van der Waals surface area contributed by atoms with Gasteiger partial charge in [-0.2, -0.15) is 0 Å². The lowest BCUT2D eigenvalue weighted by Crippen LogP contribution is -2.26. The lowest BCUT2D eigenvalue weighted by atomic mass is 9.88. The van der Waals surface area contributed by atoms with E-state index in [9.17, 15) is 18.4 Å². The maximum absolute atomic E-state index is 13.4. The average Bonchev–Trinajstić information content (AvgIpc) is 3.48. The number of hydrogen-bond donors (Lipinski definition) is 1. The molecule has 0 bridgehead atoms. The molecule has 1 N–H and O–H groups in total.